The van der Waals surface area contributed by atoms with Crippen LogP contribution in [0, 0.1) is 0 Å². The highest BCUT2D eigenvalue weighted by molar-refractivity contribution is 6.03. The molecule has 6 heteroatoms. The molecule has 6 nitrogen and oxygen atoms in total. The standard InChI is InChI=1S/C15H12O6/c16-8-2-3-9-12(6-8)21-15(14(20)13(9)19)7-1-4-10(17)11(18)5-7/h1-6,14-18,20H/t14-,15+/m1/s1. The number of hydrogen-bond acceptors (Lipinski definition) is 6. The van der Waals surface area contributed by atoms with Crippen LogP contribution < -0.4 is 4.74 Å². The van der Waals surface area contributed by atoms with E-state index in [1.807, 2.05) is 0 Å². The van der Waals surface area contributed by atoms with Gasteiger partial charge in [0.05, 0.1) is 5.56 Å². The first-order chi connectivity index (χ1) is 9.97. The SMILES string of the molecule is O=C1c2ccc(O)cc2O[C@@H](c2ccc(O)c(O)c2)[C@@H]1O. The fraction of sp³-hybridized carbons (Fsp3) is 0.133. The number of carbonyl (C=O) groups excluding carboxylic acids is 1. The summed E-state index contributed by atoms with van der Waals surface area (Å²) < 4.78 is 5.55. The molecule has 21 heavy (non-hydrogen) atoms. The molecule has 1 heterocycles. The van der Waals surface area contributed by atoms with Crippen molar-refractivity contribution < 1.29 is 30.0 Å². The second-order valence-electron chi connectivity index (χ2n) is 4.78. The molecule has 0 radical (unpaired) electrons. The molecule has 0 unspecified atom stereocenters. The van der Waals surface area contributed by atoms with Gasteiger partial charge < -0.3 is 25.2 Å². The second kappa shape index (κ2) is 4.68. The number of carbonyl (C=O) groups is 1. The maximum Gasteiger partial charge on any atom is 0.199 e. The first-order valence-corrected chi connectivity index (χ1v) is 6.21. The van der Waals surface area contributed by atoms with E-state index in [2.05, 4.69) is 0 Å². The van der Waals surface area contributed by atoms with Crippen LogP contribution in [0.25, 0.3) is 0 Å². The number of ether oxygens (including phenoxy) is 1. The van der Waals surface area contributed by atoms with Gasteiger partial charge in [-0.15, -0.1) is 0 Å². The molecule has 2 atom stereocenters. The number of rotatable bonds is 1. The number of aliphatic hydroxyl groups is 1. The summed E-state index contributed by atoms with van der Waals surface area (Å²) in [4.78, 5) is 12.1. The quantitative estimate of drug-likeness (QED) is 0.592. The third-order valence-corrected chi connectivity index (χ3v) is 3.37. The van der Waals surface area contributed by atoms with Gasteiger partial charge in [0, 0.05) is 6.07 Å². The minimum atomic E-state index is -1.44. The van der Waals surface area contributed by atoms with Crippen LogP contribution in [0.15, 0.2) is 36.4 Å². The number of benzene rings is 2. The Balaban J connectivity index is 2.05. The van der Waals surface area contributed by atoms with Crippen molar-refractivity contribution in [1.82, 2.24) is 0 Å². The average Bonchev–Trinajstić information content (AvgIpc) is 2.45. The van der Waals surface area contributed by atoms with Crippen molar-refractivity contribution in [1.29, 1.82) is 0 Å². The minimum Gasteiger partial charge on any atom is -0.508 e. The van der Waals surface area contributed by atoms with E-state index in [1.165, 1.54) is 36.4 Å². The summed E-state index contributed by atoms with van der Waals surface area (Å²) in [5.41, 5.74) is 0.514. The molecule has 4 N–H and O–H groups in total. The van der Waals surface area contributed by atoms with E-state index in [-0.39, 0.29) is 28.6 Å². The molecule has 0 spiro atoms. The number of ketones is 1. The molecule has 0 amide bonds. The van der Waals surface area contributed by atoms with Gasteiger partial charge >= 0.3 is 0 Å². The molecular weight excluding hydrogens is 276 g/mol. The molecule has 3 rings (SSSR count). The third kappa shape index (κ3) is 2.15. The predicted molar refractivity (Wildman–Crippen MR) is 71.6 cm³/mol. The summed E-state index contributed by atoms with van der Waals surface area (Å²) >= 11 is 0. The topological polar surface area (TPSA) is 107 Å². The van der Waals surface area contributed by atoms with Gasteiger partial charge in [-0.3, -0.25) is 4.79 Å². The number of phenols is 3. The van der Waals surface area contributed by atoms with Gasteiger partial charge in [-0.2, -0.15) is 0 Å². The van der Waals surface area contributed by atoms with Crippen molar-refractivity contribution in [3.8, 4) is 23.0 Å². The fourth-order valence-corrected chi connectivity index (χ4v) is 2.28. The largest absolute Gasteiger partial charge is 0.508 e. The van der Waals surface area contributed by atoms with Crippen molar-refractivity contribution in [3.05, 3.63) is 47.5 Å². The molecule has 0 saturated carbocycles. The number of hydrogen-bond donors (Lipinski definition) is 4. The van der Waals surface area contributed by atoms with Crippen molar-refractivity contribution >= 4 is 5.78 Å². The fourth-order valence-electron chi connectivity index (χ4n) is 2.28. The van der Waals surface area contributed by atoms with Crippen LogP contribution in [-0.4, -0.2) is 32.3 Å². The van der Waals surface area contributed by atoms with Crippen LogP contribution in [0.3, 0.4) is 0 Å². The van der Waals surface area contributed by atoms with Gasteiger partial charge in [0.2, 0.25) is 0 Å². The Kier molecular flexibility index (Phi) is 2.95. The molecule has 2 aromatic rings. The first-order valence-electron chi connectivity index (χ1n) is 6.21. The summed E-state index contributed by atoms with van der Waals surface area (Å²) in [5, 5.41) is 38.3. The zero-order chi connectivity index (χ0) is 15.1. The molecule has 0 bridgehead atoms. The summed E-state index contributed by atoms with van der Waals surface area (Å²) in [6, 6.07) is 7.88. The minimum absolute atomic E-state index is 0.0646. The molecular formula is C15H12O6. The van der Waals surface area contributed by atoms with Crippen molar-refractivity contribution in [2.45, 2.75) is 12.2 Å². The van der Waals surface area contributed by atoms with E-state index in [0.717, 1.165) is 0 Å². The molecule has 1 aliphatic rings. The zero-order valence-electron chi connectivity index (χ0n) is 10.7. The number of aliphatic hydroxyl groups excluding tert-OH is 1. The van der Waals surface area contributed by atoms with Crippen LogP contribution in [-0.2, 0) is 0 Å². The molecule has 2 aromatic carbocycles. The molecule has 108 valence electrons. The third-order valence-electron chi connectivity index (χ3n) is 3.37. The number of phenolic OH excluding ortho intramolecular Hbond substituents is 3. The van der Waals surface area contributed by atoms with E-state index in [0.29, 0.717) is 5.56 Å². The van der Waals surface area contributed by atoms with E-state index in [4.69, 9.17) is 4.74 Å². The lowest BCUT2D eigenvalue weighted by Crippen LogP contribution is -2.36. The monoisotopic (exact) mass is 288 g/mol. The number of fused-ring (bicyclic) bond motifs is 1. The van der Waals surface area contributed by atoms with E-state index in [9.17, 15) is 25.2 Å². The van der Waals surface area contributed by atoms with Gasteiger partial charge in [-0.05, 0) is 29.8 Å². The van der Waals surface area contributed by atoms with Gasteiger partial charge in [0.15, 0.2) is 29.5 Å². The predicted octanol–water partition coefficient (Wildman–Crippen LogP) is 1.48. The second-order valence-corrected chi connectivity index (χ2v) is 4.78. The van der Waals surface area contributed by atoms with Crippen LogP contribution >= 0.6 is 0 Å². The highest BCUT2D eigenvalue weighted by atomic mass is 16.5. The normalized spacial score (nSPS) is 20.7. The maximum atomic E-state index is 12.1. The Morgan fingerprint density at radius 2 is 1.71 bits per heavy atom. The van der Waals surface area contributed by atoms with Gasteiger partial charge in [-0.25, -0.2) is 0 Å². The van der Waals surface area contributed by atoms with Gasteiger partial charge in [-0.1, -0.05) is 6.07 Å². The summed E-state index contributed by atoms with van der Waals surface area (Å²) in [6.45, 7) is 0. The summed E-state index contributed by atoms with van der Waals surface area (Å²) in [6.07, 6.45) is -2.47. The van der Waals surface area contributed by atoms with E-state index in [1.54, 1.807) is 0 Å². The Bertz CT molecular complexity index is 724. The first kappa shape index (κ1) is 13.3. The summed E-state index contributed by atoms with van der Waals surface area (Å²) in [5.74, 6) is -1.13. The lowest BCUT2D eigenvalue weighted by atomic mass is 9.93. The van der Waals surface area contributed by atoms with Gasteiger partial charge in [0.1, 0.15) is 11.5 Å². The molecule has 0 aliphatic carbocycles. The van der Waals surface area contributed by atoms with Crippen LogP contribution in [0.5, 0.6) is 23.0 Å². The van der Waals surface area contributed by atoms with Crippen molar-refractivity contribution in [2.75, 3.05) is 0 Å². The lowest BCUT2D eigenvalue weighted by Gasteiger charge is -2.29. The average molecular weight is 288 g/mol. The molecule has 1 aliphatic heterocycles. The summed E-state index contributed by atoms with van der Waals surface area (Å²) in [7, 11) is 0. The Morgan fingerprint density at radius 1 is 0.952 bits per heavy atom. The van der Waals surface area contributed by atoms with E-state index < -0.39 is 18.0 Å². The molecule has 0 aromatic heterocycles. The van der Waals surface area contributed by atoms with E-state index >= 15 is 0 Å². The van der Waals surface area contributed by atoms with Crippen LogP contribution in [0.1, 0.15) is 22.0 Å². The van der Waals surface area contributed by atoms with Crippen LogP contribution in [0.2, 0.25) is 0 Å². The Hall–Kier alpha value is -2.73. The molecule has 0 fully saturated rings. The highest BCUT2D eigenvalue weighted by Crippen LogP contribution is 2.38. The Morgan fingerprint density at radius 3 is 2.43 bits per heavy atom. The lowest BCUT2D eigenvalue weighted by molar-refractivity contribution is 0.0215. The van der Waals surface area contributed by atoms with Crippen LogP contribution in [0.4, 0.5) is 0 Å². The smallest absolute Gasteiger partial charge is 0.199 e. The Labute approximate surface area is 119 Å². The van der Waals surface area contributed by atoms with Crippen molar-refractivity contribution in [2.24, 2.45) is 0 Å². The van der Waals surface area contributed by atoms with Crippen molar-refractivity contribution in [3.63, 3.8) is 0 Å². The molecule has 0 saturated heterocycles. The van der Waals surface area contributed by atoms with Gasteiger partial charge in [0.25, 0.3) is 0 Å². The maximum absolute atomic E-state index is 12.1. The highest BCUT2D eigenvalue weighted by Gasteiger charge is 2.37. The number of Topliss-reactive ketones (excluding diaryl/α,β-unsaturated/α-hetero) is 1. The number of aromatic hydroxyl groups is 3. The zero-order valence-corrected chi connectivity index (χ0v) is 10.7.